The number of halogens is 3. The minimum atomic E-state index is -1.67. The van der Waals surface area contributed by atoms with Gasteiger partial charge in [0.2, 0.25) is 0 Å². The molecule has 0 unspecified atom stereocenters. The molecule has 0 N–H and O–H groups in total. The Morgan fingerprint density at radius 2 is 2.11 bits per heavy atom. The topological polar surface area (TPSA) is 0 Å². The fourth-order valence-electron chi connectivity index (χ4n) is 0.409. The summed E-state index contributed by atoms with van der Waals surface area (Å²) >= 11 is 4.04. The van der Waals surface area contributed by atoms with Crippen molar-refractivity contribution in [2.45, 2.75) is 19.8 Å². The van der Waals surface area contributed by atoms with Crippen LogP contribution < -0.4 is 0 Å². The molecule has 9 heavy (non-hydrogen) atoms. The van der Waals surface area contributed by atoms with Gasteiger partial charge in [-0.2, -0.15) is 0 Å². The third kappa shape index (κ3) is 7.06. The quantitative estimate of drug-likeness (QED) is 0.672. The van der Waals surface area contributed by atoms with Gasteiger partial charge in [-0.1, -0.05) is 0 Å². The first kappa shape index (κ1) is 10.2. The summed E-state index contributed by atoms with van der Waals surface area (Å²) in [5.74, 6) is 0. The van der Waals surface area contributed by atoms with E-state index < -0.39 is 12.8 Å². The Morgan fingerprint density at radius 1 is 1.56 bits per heavy atom. The van der Waals surface area contributed by atoms with Crippen molar-refractivity contribution in [3.63, 3.8) is 0 Å². The standard InChI is InChI=1S/C5H8AsCl3/c1-2-3-5(7)4-6(8)9/h4H,2-3H2,1H3/b5-4-. The van der Waals surface area contributed by atoms with Crippen LogP contribution in [-0.4, -0.2) is 12.8 Å². The summed E-state index contributed by atoms with van der Waals surface area (Å²) in [6, 6.07) is 0. The average molecular weight is 249 g/mol. The second-order valence-corrected chi connectivity index (χ2v) is 8.38. The van der Waals surface area contributed by atoms with Gasteiger partial charge in [-0.15, -0.1) is 0 Å². The summed E-state index contributed by atoms with van der Waals surface area (Å²) in [7, 11) is 11.1. The van der Waals surface area contributed by atoms with Crippen LogP contribution in [0.2, 0.25) is 0 Å². The van der Waals surface area contributed by atoms with E-state index in [-0.39, 0.29) is 0 Å². The van der Waals surface area contributed by atoms with Crippen LogP contribution in [-0.2, 0) is 0 Å². The molecule has 0 spiro atoms. The molecule has 0 aliphatic heterocycles. The fourth-order valence-corrected chi connectivity index (χ4v) is 3.56. The molecule has 0 fully saturated rings. The number of hydrogen-bond acceptors (Lipinski definition) is 0. The summed E-state index contributed by atoms with van der Waals surface area (Å²) in [4.78, 5) is 1.78. The summed E-state index contributed by atoms with van der Waals surface area (Å²) in [6.07, 6.45) is 1.94. The average Bonchev–Trinajstić information content (AvgIpc) is 1.63. The molecule has 54 valence electrons. The molecule has 0 heterocycles. The second kappa shape index (κ2) is 5.92. The molecule has 0 nitrogen and oxygen atoms in total. The van der Waals surface area contributed by atoms with Crippen LogP contribution in [0, 0.1) is 0 Å². The van der Waals surface area contributed by atoms with Crippen LogP contribution in [0.25, 0.3) is 0 Å². The van der Waals surface area contributed by atoms with E-state index in [2.05, 4.69) is 6.92 Å². The first-order valence-electron chi connectivity index (χ1n) is 2.63. The third-order valence-corrected chi connectivity index (χ3v) is 3.43. The molecule has 0 aromatic heterocycles. The molecular formula is C5H8AsCl3. The first-order valence-corrected chi connectivity index (χ1v) is 9.03. The molecular weight excluding hydrogens is 241 g/mol. The maximum absolute atomic E-state index is 5.70. The predicted molar refractivity (Wildman–Crippen MR) is 46.3 cm³/mol. The van der Waals surface area contributed by atoms with Gasteiger partial charge in [0, 0.05) is 0 Å². The molecule has 0 bridgehead atoms. The van der Waals surface area contributed by atoms with Crippen molar-refractivity contribution in [3.05, 3.63) is 9.90 Å². The van der Waals surface area contributed by atoms with Gasteiger partial charge in [-0.05, 0) is 0 Å². The Balaban J connectivity index is 3.55. The molecule has 0 saturated carbocycles. The first-order chi connectivity index (χ1) is 4.16. The molecule has 0 aromatic carbocycles. The molecule has 0 rings (SSSR count). The van der Waals surface area contributed by atoms with E-state index in [9.17, 15) is 0 Å². The van der Waals surface area contributed by atoms with Gasteiger partial charge in [0.1, 0.15) is 0 Å². The Bertz CT molecular complexity index is 100. The SMILES string of the molecule is CCC/C(Cl)=C/[As](Cl)Cl. The summed E-state index contributed by atoms with van der Waals surface area (Å²) in [6.45, 7) is 2.07. The van der Waals surface area contributed by atoms with Gasteiger partial charge in [-0.3, -0.25) is 0 Å². The summed E-state index contributed by atoms with van der Waals surface area (Å²) in [5.41, 5.74) is 0. The van der Waals surface area contributed by atoms with Crippen molar-refractivity contribution in [2.24, 2.45) is 0 Å². The normalized spacial score (nSPS) is 12.8. The van der Waals surface area contributed by atoms with Crippen LogP contribution in [0.4, 0.5) is 0 Å². The van der Waals surface area contributed by atoms with Crippen molar-refractivity contribution >= 4 is 44.3 Å². The van der Waals surface area contributed by atoms with Crippen LogP contribution in [0.1, 0.15) is 19.8 Å². The molecule has 0 aliphatic carbocycles. The van der Waals surface area contributed by atoms with Crippen molar-refractivity contribution in [3.8, 4) is 0 Å². The summed E-state index contributed by atoms with van der Waals surface area (Å²) < 4.78 is 0. The van der Waals surface area contributed by atoms with E-state index in [4.69, 9.17) is 31.5 Å². The Morgan fingerprint density at radius 3 is 2.44 bits per heavy atom. The predicted octanol–water partition coefficient (Wildman–Crippen LogP) is 3.41. The fraction of sp³-hybridized carbons (Fsp3) is 0.600. The Kier molecular flexibility index (Phi) is 6.68. The molecule has 0 saturated heterocycles. The molecule has 0 amide bonds. The zero-order valence-corrected chi connectivity index (χ0v) is 9.22. The van der Waals surface area contributed by atoms with Crippen molar-refractivity contribution in [1.82, 2.24) is 0 Å². The van der Waals surface area contributed by atoms with Gasteiger partial charge in [0.05, 0.1) is 0 Å². The van der Waals surface area contributed by atoms with E-state index in [1.54, 1.807) is 4.86 Å². The molecule has 0 atom stereocenters. The van der Waals surface area contributed by atoms with Crippen molar-refractivity contribution in [2.75, 3.05) is 0 Å². The Hall–Kier alpha value is 1.17. The zero-order valence-electron chi connectivity index (χ0n) is 5.07. The van der Waals surface area contributed by atoms with E-state index in [0.717, 1.165) is 17.9 Å². The van der Waals surface area contributed by atoms with Crippen LogP contribution >= 0.6 is 31.5 Å². The van der Waals surface area contributed by atoms with E-state index >= 15 is 0 Å². The van der Waals surface area contributed by atoms with E-state index in [1.165, 1.54) is 0 Å². The number of rotatable bonds is 3. The van der Waals surface area contributed by atoms with Gasteiger partial charge in [0.15, 0.2) is 0 Å². The van der Waals surface area contributed by atoms with Gasteiger partial charge in [0.25, 0.3) is 0 Å². The van der Waals surface area contributed by atoms with E-state index in [0.29, 0.717) is 0 Å². The van der Waals surface area contributed by atoms with Gasteiger partial charge >= 0.3 is 73.9 Å². The van der Waals surface area contributed by atoms with Gasteiger partial charge < -0.3 is 0 Å². The molecule has 0 aliphatic rings. The van der Waals surface area contributed by atoms with Crippen LogP contribution in [0.3, 0.4) is 0 Å². The van der Waals surface area contributed by atoms with Crippen molar-refractivity contribution < 1.29 is 0 Å². The van der Waals surface area contributed by atoms with Crippen LogP contribution in [0.5, 0.6) is 0 Å². The minimum absolute atomic E-state index is 0.808. The molecule has 0 aromatic rings. The zero-order chi connectivity index (χ0) is 7.28. The molecule has 0 radical (unpaired) electrons. The van der Waals surface area contributed by atoms with E-state index in [1.807, 2.05) is 0 Å². The van der Waals surface area contributed by atoms with Crippen LogP contribution in [0.15, 0.2) is 9.90 Å². The van der Waals surface area contributed by atoms with Gasteiger partial charge in [-0.25, -0.2) is 0 Å². The van der Waals surface area contributed by atoms with Crippen molar-refractivity contribution in [1.29, 1.82) is 0 Å². The number of hydrogen-bond donors (Lipinski definition) is 0. The third-order valence-electron chi connectivity index (χ3n) is 0.727. The molecule has 4 heteroatoms. The maximum atomic E-state index is 5.70. The summed E-state index contributed by atoms with van der Waals surface area (Å²) in [5, 5.41) is 0.808. The Labute approximate surface area is 73.7 Å². The second-order valence-electron chi connectivity index (χ2n) is 1.59. The monoisotopic (exact) mass is 248 g/mol. The number of allylic oxidation sites excluding steroid dienone is 1.